The average molecular weight is 508 g/mol. The summed E-state index contributed by atoms with van der Waals surface area (Å²) in [4.78, 5) is 39.7. The molecule has 2 N–H and O–H groups in total. The summed E-state index contributed by atoms with van der Waals surface area (Å²) in [5.41, 5.74) is -3.08. The van der Waals surface area contributed by atoms with E-state index in [9.17, 15) is 27.6 Å². The van der Waals surface area contributed by atoms with Crippen LogP contribution in [0.15, 0.2) is 22.9 Å². The van der Waals surface area contributed by atoms with Crippen molar-refractivity contribution in [3.05, 3.63) is 35.4 Å². The third-order valence-electron chi connectivity index (χ3n) is 6.85. The molecule has 188 valence electrons. The predicted octanol–water partition coefficient (Wildman–Crippen LogP) is 1.67. The second-order valence-electron chi connectivity index (χ2n) is 8.82. The number of benzene rings is 1. The molecule has 2 saturated heterocycles. The van der Waals surface area contributed by atoms with Crippen LogP contribution in [0, 0.1) is 11.2 Å². The predicted molar refractivity (Wildman–Crippen MR) is 110 cm³/mol. The largest absolute Gasteiger partial charge is 0.435 e. The standard InChI is InChI=1S/C21H16F4N6O5/c1-8-15-20(17(32)26-19(34)27-18(20)33)7-9-6-10-14(12(22)13(9)30(15)4-5-35-8)36-29-16(10)31-3-2-11(28-31)21(23,24)25/h2-3,6,8,15H,4-5,7H2,1H3,(H2,26,27,32,33,34)/t8-,15+/m0/s1. The van der Waals surface area contributed by atoms with Crippen LogP contribution in [0.3, 0.4) is 0 Å². The van der Waals surface area contributed by atoms with E-state index in [1.807, 2.05) is 0 Å². The van der Waals surface area contributed by atoms with Crippen molar-refractivity contribution in [3.8, 4) is 5.82 Å². The molecule has 0 bridgehead atoms. The number of urea groups is 1. The summed E-state index contributed by atoms with van der Waals surface area (Å²) in [5, 5.41) is 11.4. The molecule has 0 aliphatic carbocycles. The molecule has 1 aromatic carbocycles. The third kappa shape index (κ3) is 2.91. The number of nitrogens with one attached hydrogen (secondary N) is 2. The molecule has 2 atom stereocenters. The number of imide groups is 2. The quantitative estimate of drug-likeness (QED) is 0.375. The minimum atomic E-state index is -4.71. The lowest BCUT2D eigenvalue weighted by Crippen LogP contribution is -2.74. The van der Waals surface area contributed by atoms with Gasteiger partial charge in [0.05, 0.1) is 29.8 Å². The molecule has 2 fully saturated rings. The van der Waals surface area contributed by atoms with Gasteiger partial charge in [0.25, 0.3) is 0 Å². The maximum atomic E-state index is 15.9. The first-order chi connectivity index (χ1) is 17.0. The van der Waals surface area contributed by atoms with Crippen molar-refractivity contribution in [3.63, 3.8) is 0 Å². The van der Waals surface area contributed by atoms with Crippen molar-refractivity contribution in [2.75, 3.05) is 18.1 Å². The van der Waals surface area contributed by atoms with Crippen molar-refractivity contribution in [2.24, 2.45) is 5.41 Å². The lowest BCUT2D eigenvalue weighted by molar-refractivity contribution is -0.151. The van der Waals surface area contributed by atoms with E-state index in [2.05, 4.69) is 20.9 Å². The second kappa shape index (κ2) is 7.25. The molecule has 36 heavy (non-hydrogen) atoms. The van der Waals surface area contributed by atoms with Gasteiger partial charge < -0.3 is 14.2 Å². The van der Waals surface area contributed by atoms with Crippen molar-refractivity contribution < 1.29 is 41.2 Å². The van der Waals surface area contributed by atoms with Gasteiger partial charge in [-0.15, -0.1) is 0 Å². The molecule has 2 aromatic heterocycles. The molecule has 3 aliphatic rings. The number of nitrogens with zero attached hydrogens (tertiary/aromatic N) is 4. The molecular weight excluding hydrogens is 492 g/mol. The molecule has 6 rings (SSSR count). The number of hydrogen-bond acceptors (Lipinski definition) is 8. The third-order valence-corrected chi connectivity index (χ3v) is 6.85. The smallest absolute Gasteiger partial charge is 0.374 e. The zero-order valence-electron chi connectivity index (χ0n) is 18.4. The Balaban J connectivity index is 1.56. The molecule has 5 heterocycles. The Morgan fingerprint density at radius 2 is 1.92 bits per heavy atom. The van der Waals surface area contributed by atoms with Crippen LogP contribution in [0.2, 0.25) is 0 Å². The van der Waals surface area contributed by atoms with Crippen molar-refractivity contribution in [1.29, 1.82) is 0 Å². The van der Waals surface area contributed by atoms with E-state index in [1.165, 1.54) is 11.0 Å². The SMILES string of the molecule is C[C@@H]1OCCN2c3c(cc4c(-n5ccc(C(F)(F)F)n5)noc4c3F)CC3(C(=O)NC(=O)NC3=O)[C@@H]12. The van der Waals surface area contributed by atoms with Gasteiger partial charge in [-0.05, 0) is 24.6 Å². The molecule has 11 nitrogen and oxygen atoms in total. The highest BCUT2D eigenvalue weighted by molar-refractivity contribution is 6.20. The summed E-state index contributed by atoms with van der Waals surface area (Å²) in [6.45, 7) is 1.93. The minimum Gasteiger partial charge on any atom is -0.374 e. The maximum absolute atomic E-state index is 15.9. The van der Waals surface area contributed by atoms with E-state index in [-0.39, 0.29) is 47.6 Å². The van der Waals surface area contributed by atoms with Crippen molar-refractivity contribution >= 4 is 34.5 Å². The molecule has 0 unspecified atom stereocenters. The van der Waals surface area contributed by atoms with Crippen LogP contribution in [-0.4, -0.2) is 58.1 Å². The molecule has 0 radical (unpaired) electrons. The number of aromatic nitrogens is 3. The highest BCUT2D eigenvalue weighted by Crippen LogP contribution is 2.48. The lowest BCUT2D eigenvalue weighted by atomic mass is 9.66. The number of carbonyl (C=O) groups excluding carboxylic acids is 3. The van der Waals surface area contributed by atoms with Crippen LogP contribution < -0.4 is 15.5 Å². The zero-order chi connectivity index (χ0) is 25.6. The minimum absolute atomic E-state index is 0.00863. The Morgan fingerprint density at radius 1 is 1.19 bits per heavy atom. The summed E-state index contributed by atoms with van der Waals surface area (Å²) in [7, 11) is 0. The Labute approximate surface area is 198 Å². The van der Waals surface area contributed by atoms with E-state index in [0.717, 1.165) is 16.9 Å². The normalized spacial score (nSPS) is 23.5. The van der Waals surface area contributed by atoms with Crippen LogP contribution in [-0.2, 0) is 26.9 Å². The summed E-state index contributed by atoms with van der Waals surface area (Å²) in [5.74, 6) is -2.78. The van der Waals surface area contributed by atoms with Gasteiger partial charge in [-0.25, -0.2) is 13.9 Å². The van der Waals surface area contributed by atoms with Gasteiger partial charge in [-0.2, -0.15) is 18.3 Å². The van der Waals surface area contributed by atoms with E-state index < -0.39 is 53.1 Å². The second-order valence-corrected chi connectivity index (χ2v) is 8.82. The molecule has 1 spiro atoms. The number of carbonyl (C=O) groups is 3. The van der Waals surface area contributed by atoms with Crippen molar-refractivity contribution in [2.45, 2.75) is 31.7 Å². The van der Waals surface area contributed by atoms with Gasteiger partial charge in [0.2, 0.25) is 23.2 Å². The summed E-state index contributed by atoms with van der Waals surface area (Å²) in [6.07, 6.45) is -4.71. The van der Waals surface area contributed by atoms with E-state index in [0.29, 0.717) is 0 Å². The van der Waals surface area contributed by atoms with E-state index in [1.54, 1.807) is 6.92 Å². The zero-order valence-corrected chi connectivity index (χ0v) is 18.4. The highest BCUT2D eigenvalue weighted by Gasteiger charge is 2.62. The number of barbiturate groups is 1. The fourth-order valence-electron chi connectivity index (χ4n) is 5.41. The number of halogens is 4. The summed E-state index contributed by atoms with van der Waals surface area (Å²) >= 11 is 0. The van der Waals surface area contributed by atoms with Gasteiger partial charge in [0.1, 0.15) is 0 Å². The van der Waals surface area contributed by atoms with E-state index in [4.69, 9.17) is 9.26 Å². The van der Waals surface area contributed by atoms with Gasteiger partial charge in [0.15, 0.2) is 16.9 Å². The number of rotatable bonds is 1. The Morgan fingerprint density at radius 3 is 2.58 bits per heavy atom. The van der Waals surface area contributed by atoms with Gasteiger partial charge in [-0.3, -0.25) is 20.2 Å². The van der Waals surface area contributed by atoms with Crippen LogP contribution in [0.1, 0.15) is 18.2 Å². The number of amides is 4. The van der Waals surface area contributed by atoms with Gasteiger partial charge >= 0.3 is 12.2 Å². The van der Waals surface area contributed by atoms with Gasteiger partial charge in [0, 0.05) is 19.2 Å². The molecule has 15 heteroatoms. The fraction of sp³-hybridized carbons (Fsp3) is 0.381. The lowest BCUT2D eigenvalue weighted by Gasteiger charge is -2.54. The Hall–Kier alpha value is -4.01. The monoisotopic (exact) mass is 508 g/mol. The molecular formula is C21H16F4N6O5. The van der Waals surface area contributed by atoms with E-state index >= 15 is 4.39 Å². The van der Waals surface area contributed by atoms with Crippen LogP contribution >= 0.6 is 0 Å². The number of fused-ring (bicyclic) bond motifs is 5. The number of alkyl halides is 3. The first-order valence-electron chi connectivity index (χ1n) is 10.8. The Bertz CT molecular complexity index is 1440. The average Bonchev–Trinajstić information content (AvgIpc) is 3.44. The molecule has 3 aromatic rings. The van der Waals surface area contributed by atoms with Gasteiger partial charge in [-0.1, -0.05) is 5.16 Å². The fourth-order valence-corrected chi connectivity index (χ4v) is 5.41. The molecule has 3 aliphatic heterocycles. The molecule has 0 saturated carbocycles. The van der Waals surface area contributed by atoms with Crippen LogP contribution in [0.5, 0.6) is 0 Å². The Kier molecular flexibility index (Phi) is 4.52. The number of anilines is 1. The highest BCUT2D eigenvalue weighted by atomic mass is 19.4. The molecule has 4 amide bonds. The number of ether oxygens (including phenoxy) is 1. The number of hydrogen-bond donors (Lipinski definition) is 2. The first kappa shape index (κ1) is 22.5. The first-order valence-corrected chi connectivity index (χ1v) is 10.8. The summed E-state index contributed by atoms with van der Waals surface area (Å²) in [6, 6.07) is 0.211. The van der Waals surface area contributed by atoms with Crippen LogP contribution in [0.25, 0.3) is 16.8 Å². The maximum Gasteiger partial charge on any atom is 0.435 e. The van der Waals surface area contributed by atoms with Crippen LogP contribution in [0.4, 0.5) is 28.0 Å². The number of morpholine rings is 1. The summed E-state index contributed by atoms with van der Waals surface area (Å²) < 4.78 is 66.7. The van der Waals surface area contributed by atoms with Crippen molar-refractivity contribution in [1.82, 2.24) is 25.6 Å². The topological polar surface area (TPSA) is 132 Å².